The zero-order chi connectivity index (χ0) is 33.3. The van der Waals surface area contributed by atoms with Gasteiger partial charge in [-0.25, -0.2) is 8.42 Å². The SMILES string of the molecule is C=CCOC/C=C/[C@H]1CC(=C)C(CC[C@H]2C[C@@H](C)C(=C)C(C[C@@H]3C[C@H](C[C@H](O)CN)[C@H](OC)[C@H]3CS(=O)(=O)c3ccccc3)O2)O1. The van der Waals surface area contributed by atoms with Crippen LogP contribution in [0.5, 0.6) is 0 Å². The number of nitrogens with two attached hydrogens (primary N) is 1. The number of aliphatic hydroxyl groups is 1. The molecule has 2 saturated heterocycles. The third-order valence-corrected chi connectivity index (χ3v) is 11.9. The van der Waals surface area contributed by atoms with Gasteiger partial charge in [0.25, 0.3) is 0 Å². The standard InChI is InChI=1S/C37H55NO7S/c1-6-16-43-17-10-11-31-19-26(3)35(44-31)15-14-32-18-25(2)27(4)36(45-32)22-28-20-29(21-30(39)23-38)37(42-5)34(28)24-46(40,41)33-12-8-7-9-13-33/h6-13,25,28-32,34-37,39H,1,3-4,14-24,38H2,2,5H3/b11-10+/t25-,28+,29-,30+,31+,32+,34+,35?,36?,37+/m1/s1. The summed E-state index contributed by atoms with van der Waals surface area (Å²) in [5, 5.41) is 10.4. The Morgan fingerprint density at radius 1 is 1.09 bits per heavy atom. The first-order valence-corrected chi connectivity index (χ1v) is 18.4. The van der Waals surface area contributed by atoms with Crippen molar-refractivity contribution in [3.05, 3.63) is 79.4 Å². The van der Waals surface area contributed by atoms with Crippen molar-refractivity contribution in [1.82, 2.24) is 0 Å². The summed E-state index contributed by atoms with van der Waals surface area (Å²) in [6, 6.07) is 8.61. The molecule has 0 aromatic heterocycles. The molecule has 2 aliphatic heterocycles. The third-order valence-electron chi connectivity index (χ3n) is 10.1. The normalized spacial score (nSPS) is 32.7. The van der Waals surface area contributed by atoms with Crippen molar-refractivity contribution in [2.45, 2.75) is 93.4 Å². The fraction of sp³-hybridized carbons (Fsp3) is 0.622. The Balaban J connectivity index is 1.42. The second kappa shape index (κ2) is 17.3. The summed E-state index contributed by atoms with van der Waals surface area (Å²) in [5.74, 6) is 0.0242. The molecule has 9 heteroatoms. The summed E-state index contributed by atoms with van der Waals surface area (Å²) in [6.45, 7) is 15.8. The molecule has 4 rings (SSSR count). The molecular weight excluding hydrogens is 602 g/mol. The largest absolute Gasteiger partial charge is 0.392 e. The van der Waals surface area contributed by atoms with E-state index >= 15 is 0 Å². The van der Waals surface area contributed by atoms with E-state index in [0.717, 1.165) is 43.3 Å². The molecule has 256 valence electrons. The van der Waals surface area contributed by atoms with Gasteiger partial charge in [0.05, 0.1) is 60.5 Å². The van der Waals surface area contributed by atoms with E-state index in [1.165, 1.54) is 0 Å². The molecule has 3 N–H and O–H groups in total. The van der Waals surface area contributed by atoms with Gasteiger partial charge in [-0.15, -0.1) is 6.58 Å². The van der Waals surface area contributed by atoms with E-state index in [0.29, 0.717) is 31.0 Å². The fourth-order valence-corrected chi connectivity index (χ4v) is 9.37. The molecule has 3 aliphatic rings. The van der Waals surface area contributed by atoms with Gasteiger partial charge in [0, 0.05) is 26.0 Å². The van der Waals surface area contributed by atoms with Crippen molar-refractivity contribution >= 4 is 9.84 Å². The van der Waals surface area contributed by atoms with Crippen LogP contribution >= 0.6 is 0 Å². The van der Waals surface area contributed by atoms with Crippen molar-refractivity contribution in [3.63, 3.8) is 0 Å². The van der Waals surface area contributed by atoms with Crippen LogP contribution in [0.15, 0.2) is 84.3 Å². The summed E-state index contributed by atoms with van der Waals surface area (Å²) in [6.07, 6.45) is 9.91. The fourth-order valence-electron chi connectivity index (χ4n) is 7.64. The summed E-state index contributed by atoms with van der Waals surface area (Å²) in [7, 11) is -1.92. The number of aliphatic hydroxyl groups excluding tert-OH is 1. The lowest BCUT2D eigenvalue weighted by Crippen LogP contribution is -2.38. The number of methoxy groups -OCH3 is 1. The molecule has 2 heterocycles. The van der Waals surface area contributed by atoms with Crippen molar-refractivity contribution < 1.29 is 32.5 Å². The molecule has 0 bridgehead atoms. The van der Waals surface area contributed by atoms with E-state index in [2.05, 4.69) is 32.7 Å². The molecule has 10 atom stereocenters. The van der Waals surface area contributed by atoms with E-state index in [1.54, 1.807) is 37.5 Å². The minimum Gasteiger partial charge on any atom is -0.392 e. The molecule has 0 spiro atoms. The Kier molecular flexibility index (Phi) is 13.8. The summed E-state index contributed by atoms with van der Waals surface area (Å²) in [5.41, 5.74) is 7.93. The quantitative estimate of drug-likeness (QED) is 0.168. The second-order valence-electron chi connectivity index (χ2n) is 13.4. The first-order chi connectivity index (χ1) is 22.1. The van der Waals surface area contributed by atoms with Crippen LogP contribution in [0, 0.1) is 23.7 Å². The maximum Gasteiger partial charge on any atom is 0.178 e. The van der Waals surface area contributed by atoms with E-state index in [1.807, 2.05) is 12.1 Å². The second-order valence-corrected chi connectivity index (χ2v) is 15.4. The molecule has 3 fully saturated rings. The zero-order valence-electron chi connectivity index (χ0n) is 27.7. The molecule has 0 radical (unpaired) electrons. The Morgan fingerprint density at radius 3 is 2.54 bits per heavy atom. The minimum atomic E-state index is -3.56. The summed E-state index contributed by atoms with van der Waals surface area (Å²) >= 11 is 0. The predicted octanol–water partition coefficient (Wildman–Crippen LogP) is 5.43. The highest BCUT2D eigenvalue weighted by atomic mass is 32.2. The van der Waals surface area contributed by atoms with Crippen molar-refractivity contribution in [2.24, 2.45) is 29.4 Å². The molecule has 1 aromatic carbocycles. The maximum atomic E-state index is 13.6. The molecule has 1 aromatic rings. The Morgan fingerprint density at radius 2 is 1.85 bits per heavy atom. The lowest BCUT2D eigenvalue weighted by atomic mass is 9.81. The maximum absolute atomic E-state index is 13.6. The molecule has 1 aliphatic carbocycles. The van der Waals surface area contributed by atoms with Gasteiger partial charge < -0.3 is 29.8 Å². The van der Waals surface area contributed by atoms with Crippen LogP contribution in [0.2, 0.25) is 0 Å². The van der Waals surface area contributed by atoms with Gasteiger partial charge in [0.1, 0.15) is 0 Å². The van der Waals surface area contributed by atoms with Crippen LogP contribution in [-0.4, -0.2) is 82.8 Å². The highest BCUT2D eigenvalue weighted by Crippen LogP contribution is 2.46. The lowest BCUT2D eigenvalue weighted by molar-refractivity contribution is -0.0549. The first-order valence-electron chi connectivity index (χ1n) is 16.8. The molecular formula is C37H55NO7S. The predicted molar refractivity (Wildman–Crippen MR) is 182 cm³/mol. The number of ether oxygens (including phenoxy) is 4. The average Bonchev–Trinajstić information content (AvgIpc) is 3.55. The summed E-state index contributed by atoms with van der Waals surface area (Å²) in [4.78, 5) is 0.315. The number of sulfone groups is 1. The minimum absolute atomic E-state index is 0.00401. The van der Waals surface area contributed by atoms with E-state index in [4.69, 9.17) is 24.7 Å². The van der Waals surface area contributed by atoms with Crippen LogP contribution in [0.4, 0.5) is 0 Å². The van der Waals surface area contributed by atoms with Crippen LogP contribution in [0.25, 0.3) is 0 Å². The van der Waals surface area contributed by atoms with Gasteiger partial charge in [0.2, 0.25) is 0 Å². The van der Waals surface area contributed by atoms with E-state index in [9.17, 15) is 13.5 Å². The topological polar surface area (TPSA) is 117 Å². The van der Waals surface area contributed by atoms with Gasteiger partial charge >= 0.3 is 0 Å². The van der Waals surface area contributed by atoms with Crippen LogP contribution in [0.3, 0.4) is 0 Å². The average molecular weight is 658 g/mol. The van der Waals surface area contributed by atoms with Gasteiger partial charge in [-0.2, -0.15) is 0 Å². The highest BCUT2D eigenvalue weighted by molar-refractivity contribution is 7.91. The zero-order valence-corrected chi connectivity index (χ0v) is 28.5. The van der Waals surface area contributed by atoms with Gasteiger partial charge in [-0.1, -0.05) is 56.5 Å². The molecule has 0 amide bonds. The van der Waals surface area contributed by atoms with E-state index < -0.39 is 15.9 Å². The molecule has 1 saturated carbocycles. The Labute approximate surface area is 276 Å². The van der Waals surface area contributed by atoms with Gasteiger partial charge in [-0.3, -0.25) is 0 Å². The lowest BCUT2D eigenvalue weighted by Gasteiger charge is -2.38. The Hall–Kier alpha value is -2.11. The van der Waals surface area contributed by atoms with Gasteiger partial charge in [0.15, 0.2) is 9.84 Å². The number of hydrogen-bond donors (Lipinski definition) is 2. The highest BCUT2D eigenvalue weighted by Gasteiger charge is 2.47. The first kappa shape index (κ1) is 36.7. The number of rotatable bonds is 17. The number of hydrogen-bond acceptors (Lipinski definition) is 8. The van der Waals surface area contributed by atoms with E-state index in [-0.39, 0.29) is 66.5 Å². The van der Waals surface area contributed by atoms with Crippen molar-refractivity contribution in [2.75, 3.05) is 32.6 Å². The summed E-state index contributed by atoms with van der Waals surface area (Å²) < 4.78 is 51.6. The number of benzene rings is 1. The van der Waals surface area contributed by atoms with Crippen LogP contribution in [0.1, 0.15) is 51.9 Å². The van der Waals surface area contributed by atoms with Crippen molar-refractivity contribution in [1.29, 1.82) is 0 Å². The third kappa shape index (κ3) is 9.72. The Bertz CT molecular complexity index is 1280. The van der Waals surface area contributed by atoms with Crippen molar-refractivity contribution in [3.8, 4) is 0 Å². The van der Waals surface area contributed by atoms with Gasteiger partial charge in [-0.05, 0) is 79.6 Å². The monoisotopic (exact) mass is 657 g/mol. The van der Waals surface area contributed by atoms with Crippen LogP contribution in [-0.2, 0) is 28.8 Å². The molecule has 46 heavy (non-hydrogen) atoms. The smallest absolute Gasteiger partial charge is 0.178 e. The molecule has 2 unspecified atom stereocenters. The van der Waals surface area contributed by atoms with Crippen LogP contribution < -0.4 is 5.73 Å². The molecule has 8 nitrogen and oxygen atoms in total.